The van der Waals surface area contributed by atoms with Crippen molar-refractivity contribution in [1.29, 1.82) is 0 Å². The third-order valence-corrected chi connectivity index (χ3v) is 5.52. The van der Waals surface area contributed by atoms with Crippen LogP contribution in [0.3, 0.4) is 0 Å². The lowest BCUT2D eigenvalue weighted by Gasteiger charge is -2.33. The standard InChI is InChI=1S/C26H34N2O2.C2H3F3.2C2H6/c1-6-8-11-20(7-2)18-28-19-23(22-12-9-10-13-24(22)28)21-14-16-27(17-15-21)25(29)30-26(3,4)5;1-2(3,4)5;2*1-2/h6-13,19,21H,2,14-18H2,1,3-5H3;1H3;2*1-2H3/b8-6-,20-11+;;;. The van der Waals surface area contributed by atoms with Crippen molar-refractivity contribution in [3.05, 3.63) is 72.5 Å². The number of amides is 1. The van der Waals surface area contributed by atoms with E-state index >= 15 is 0 Å². The summed E-state index contributed by atoms with van der Waals surface area (Å²) in [7, 11) is 0. The maximum atomic E-state index is 12.4. The van der Waals surface area contributed by atoms with Crippen LogP contribution >= 0.6 is 0 Å². The van der Waals surface area contributed by atoms with Crippen LogP contribution in [-0.4, -0.2) is 40.4 Å². The molecular weight excluding hydrogens is 501 g/mol. The topological polar surface area (TPSA) is 34.5 Å². The minimum Gasteiger partial charge on any atom is -0.444 e. The van der Waals surface area contributed by atoms with Crippen LogP contribution in [0, 0.1) is 0 Å². The molecule has 2 aromatic rings. The van der Waals surface area contributed by atoms with E-state index in [0.717, 1.165) is 32.5 Å². The molecule has 0 spiro atoms. The predicted molar refractivity (Wildman–Crippen MR) is 159 cm³/mol. The first-order valence-corrected chi connectivity index (χ1v) is 13.9. The highest BCUT2D eigenvalue weighted by Gasteiger charge is 2.29. The van der Waals surface area contributed by atoms with E-state index in [1.54, 1.807) is 0 Å². The van der Waals surface area contributed by atoms with Crippen molar-refractivity contribution in [3.63, 3.8) is 0 Å². The van der Waals surface area contributed by atoms with Crippen molar-refractivity contribution >= 4 is 17.0 Å². The second kappa shape index (κ2) is 17.6. The van der Waals surface area contributed by atoms with Crippen LogP contribution in [0.1, 0.15) is 86.6 Å². The summed E-state index contributed by atoms with van der Waals surface area (Å²) in [5.41, 5.74) is 3.35. The molecule has 1 aliphatic rings. The van der Waals surface area contributed by atoms with E-state index in [1.165, 1.54) is 22.0 Å². The van der Waals surface area contributed by atoms with Crippen molar-refractivity contribution < 1.29 is 22.7 Å². The minimum atomic E-state index is -4.00. The first-order valence-electron chi connectivity index (χ1n) is 13.9. The average Bonchev–Trinajstić information content (AvgIpc) is 3.25. The molecule has 220 valence electrons. The summed E-state index contributed by atoms with van der Waals surface area (Å²) in [6.45, 7) is 22.2. The van der Waals surface area contributed by atoms with E-state index in [-0.39, 0.29) is 13.0 Å². The zero-order chi connectivity index (χ0) is 30.2. The molecule has 7 heteroatoms. The number of allylic oxidation sites excluding steroid dienone is 5. The SMILES string of the molecule is C=C/C(=C\C=C/C)Cn1cc(C2CCN(C(=O)OC(C)(C)C)CC2)c2ccccc21.CC.CC.CC(F)(F)F. The van der Waals surface area contributed by atoms with Gasteiger partial charge in [0.2, 0.25) is 0 Å². The molecule has 1 aromatic carbocycles. The number of hydrogen-bond donors (Lipinski definition) is 0. The minimum absolute atomic E-state index is 0.188. The molecule has 0 radical (unpaired) electrons. The van der Waals surface area contributed by atoms with Crippen molar-refractivity contribution in [1.82, 2.24) is 9.47 Å². The highest BCUT2D eigenvalue weighted by molar-refractivity contribution is 5.84. The van der Waals surface area contributed by atoms with Crippen molar-refractivity contribution in [2.24, 2.45) is 0 Å². The van der Waals surface area contributed by atoms with Gasteiger partial charge in [-0.15, -0.1) is 0 Å². The molecule has 1 amide bonds. The number of para-hydroxylation sites is 1. The molecule has 4 nitrogen and oxygen atoms in total. The van der Waals surface area contributed by atoms with Gasteiger partial charge in [0, 0.05) is 43.7 Å². The largest absolute Gasteiger partial charge is 0.444 e. The van der Waals surface area contributed by atoms with Gasteiger partial charge in [0.05, 0.1) is 0 Å². The van der Waals surface area contributed by atoms with E-state index in [9.17, 15) is 18.0 Å². The van der Waals surface area contributed by atoms with Crippen LogP contribution in [0.4, 0.5) is 18.0 Å². The Bertz CT molecular complexity index is 1050. The van der Waals surface area contributed by atoms with Crippen molar-refractivity contribution in [3.8, 4) is 0 Å². The molecule has 0 unspecified atom stereocenters. The number of halogens is 3. The molecule has 1 aliphatic heterocycles. The summed E-state index contributed by atoms with van der Waals surface area (Å²) in [6, 6.07) is 8.60. The summed E-state index contributed by atoms with van der Waals surface area (Å²) < 4.78 is 38.9. The third kappa shape index (κ3) is 13.6. The number of aromatic nitrogens is 1. The number of carbonyl (C=O) groups is 1. The second-order valence-electron chi connectivity index (χ2n) is 9.72. The van der Waals surface area contributed by atoms with Crippen LogP contribution in [0.5, 0.6) is 0 Å². The Morgan fingerprint density at radius 3 is 2.08 bits per heavy atom. The Morgan fingerprint density at radius 2 is 1.59 bits per heavy atom. The number of nitrogens with zero attached hydrogens (tertiary/aromatic N) is 2. The van der Waals surface area contributed by atoms with E-state index in [1.807, 2.05) is 72.4 Å². The lowest BCUT2D eigenvalue weighted by Crippen LogP contribution is -2.41. The highest BCUT2D eigenvalue weighted by Crippen LogP contribution is 2.35. The van der Waals surface area contributed by atoms with Gasteiger partial charge in [-0.1, -0.05) is 76.8 Å². The molecule has 3 rings (SSSR count). The fraction of sp³-hybridized carbons (Fsp3) is 0.531. The molecule has 0 N–H and O–H groups in total. The summed E-state index contributed by atoms with van der Waals surface area (Å²) in [5, 5.41) is 1.31. The number of hydrogen-bond acceptors (Lipinski definition) is 2. The molecule has 1 aromatic heterocycles. The van der Waals surface area contributed by atoms with Crippen LogP contribution in [0.15, 0.2) is 66.9 Å². The number of likely N-dealkylation sites (tertiary alicyclic amines) is 1. The third-order valence-electron chi connectivity index (χ3n) is 5.52. The Labute approximate surface area is 234 Å². The lowest BCUT2D eigenvalue weighted by atomic mass is 9.89. The average molecular weight is 551 g/mol. The van der Waals surface area contributed by atoms with Crippen LogP contribution < -0.4 is 0 Å². The Kier molecular flexibility index (Phi) is 16.3. The number of alkyl halides is 3. The number of piperidine rings is 1. The maximum Gasteiger partial charge on any atom is 0.410 e. The van der Waals surface area contributed by atoms with E-state index < -0.39 is 11.8 Å². The Morgan fingerprint density at radius 1 is 1.05 bits per heavy atom. The molecule has 0 saturated carbocycles. The van der Waals surface area contributed by atoms with Crippen molar-refractivity contribution in [2.45, 2.75) is 99.4 Å². The summed E-state index contributed by atoms with van der Waals surface area (Å²) in [4.78, 5) is 14.2. The fourth-order valence-corrected chi connectivity index (χ4v) is 4.03. The first-order chi connectivity index (χ1) is 18.3. The summed E-state index contributed by atoms with van der Waals surface area (Å²) >= 11 is 0. The first kappa shape index (κ1) is 36.0. The molecule has 2 heterocycles. The summed E-state index contributed by atoms with van der Waals surface area (Å²) in [5.74, 6) is 0.446. The normalized spacial score (nSPS) is 14.5. The van der Waals surface area contributed by atoms with E-state index in [2.05, 4.69) is 53.8 Å². The molecule has 1 fully saturated rings. The zero-order valence-corrected chi connectivity index (χ0v) is 25.4. The predicted octanol–water partition coefficient (Wildman–Crippen LogP) is 10.1. The van der Waals surface area contributed by atoms with Gasteiger partial charge in [-0.05, 0) is 63.7 Å². The maximum absolute atomic E-state index is 12.4. The van der Waals surface area contributed by atoms with Gasteiger partial charge in [0.1, 0.15) is 5.60 Å². The number of rotatable bonds is 5. The summed E-state index contributed by atoms with van der Waals surface area (Å²) in [6.07, 6.45) is 8.12. The molecular formula is C32H49F3N2O2. The number of ether oxygens (including phenoxy) is 1. The van der Waals surface area contributed by atoms with Gasteiger partial charge < -0.3 is 14.2 Å². The molecule has 0 aliphatic carbocycles. The van der Waals surface area contributed by atoms with Crippen LogP contribution in [-0.2, 0) is 11.3 Å². The monoisotopic (exact) mass is 550 g/mol. The molecule has 39 heavy (non-hydrogen) atoms. The van der Waals surface area contributed by atoms with E-state index in [0.29, 0.717) is 5.92 Å². The molecule has 0 bridgehead atoms. The Hall–Kier alpha value is -2.96. The Balaban J connectivity index is 0.00000142. The fourth-order valence-electron chi connectivity index (χ4n) is 4.03. The van der Waals surface area contributed by atoms with Gasteiger partial charge in [-0.2, -0.15) is 13.2 Å². The van der Waals surface area contributed by atoms with Crippen LogP contribution in [0.25, 0.3) is 10.9 Å². The lowest BCUT2D eigenvalue weighted by molar-refractivity contribution is -0.110. The number of benzene rings is 1. The second-order valence-corrected chi connectivity index (χ2v) is 9.72. The van der Waals surface area contributed by atoms with Gasteiger partial charge in [-0.25, -0.2) is 4.79 Å². The van der Waals surface area contributed by atoms with Gasteiger partial charge in [-0.3, -0.25) is 0 Å². The molecule has 0 atom stereocenters. The smallest absolute Gasteiger partial charge is 0.410 e. The van der Waals surface area contributed by atoms with Gasteiger partial charge in [0.15, 0.2) is 0 Å². The number of fused-ring (bicyclic) bond motifs is 1. The number of carbonyl (C=O) groups excluding carboxylic acids is 1. The highest BCUT2D eigenvalue weighted by atomic mass is 19.4. The van der Waals surface area contributed by atoms with E-state index in [4.69, 9.17) is 4.74 Å². The quantitative estimate of drug-likeness (QED) is 0.347. The zero-order valence-electron chi connectivity index (χ0n) is 25.4. The van der Waals surface area contributed by atoms with Crippen molar-refractivity contribution in [2.75, 3.05) is 13.1 Å². The van der Waals surface area contributed by atoms with Gasteiger partial charge >= 0.3 is 12.3 Å². The molecule has 1 saturated heterocycles. The van der Waals surface area contributed by atoms with Gasteiger partial charge in [0.25, 0.3) is 0 Å². The van der Waals surface area contributed by atoms with Crippen LogP contribution in [0.2, 0.25) is 0 Å².